The molecule has 0 spiro atoms. The average Bonchev–Trinajstić information content (AvgIpc) is 2.45. The molecule has 2 atom stereocenters. The molecular weight excluding hydrogens is 238 g/mol. The van der Waals surface area contributed by atoms with Gasteiger partial charge in [0.2, 0.25) is 5.91 Å². The number of nitrogens with one attached hydrogen (secondary N) is 2. The van der Waals surface area contributed by atoms with Crippen molar-refractivity contribution >= 4 is 5.91 Å². The number of amides is 1. The van der Waals surface area contributed by atoms with Crippen molar-refractivity contribution in [3.05, 3.63) is 35.4 Å². The van der Waals surface area contributed by atoms with Gasteiger partial charge in [0.1, 0.15) is 0 Å². The first-order chi connectivity index (χ1) is 9.19. The van der Waals surface area contributed by atoms with Crippen LogP contribution in [0.4, 0.5) is 0 Å². The Hall–Kier alpha value is -1.86. The summed E-state index contributed by atoms with van der Waals surface area (Å²) in [6, 6.07) is 9.85. The summed E-state index contributed by atoms with van der Waals surface area (Å²) in [4.78, 5) is 12.1. The molecule has 2 unspecified atom stereocenters. The Labute approximate surface area is 113 Å². The Morgan fingerprint density at radius 1 is 1.58 bits per heavy atom. The minimum absolute atomic E-state index is 0.107. The summed E-state index contributed by atoms with van der Waals surface area (Å²) >= 11 is 0. The zero-order chi connectivity index (χ0) is 13.7. The standard InChI is InChI=1S/C15H19N3O/c1-11-7-14(5-6-17-11)15(19)18-10-13-4-2-3-12(8-13)9-16/h2-4,8,11,14,17H,5-7,10H2,1H3,(H,18,19). The first-order valence-corrected chi connectivity index (χ1v) is 6.69. The van der Waals surface area contributed by atoms with Crippen molar-refractivity contribution in [2.24, 2.45) is 5.92 Å². The molecule has 0 saturated carbocycles. The number of nitriles is 1. The number of hydrogen-bond donors (Lipinski definition) is 2. The molecule has 2 N–H and O–H groups in total. The molecule has 100 valence electrons. The van der Waals surface area contributed by atoms with Crippen LogP contribution < -0.4 is 10.6 Å². The molecule has 0 radical (unpaired) electrons. The second-order valence-corrected chi connectivity index (χ2v) is 5.11. The van der Waals surface area contributed by atoms with E-state index in [1.165, 1.54) is 0 Å². The highest BCUT2D eigenvalue weighted by atomic mass is 16.1. The quantitative estimate of drug-likeness (QED) is 0.863. The molecule has 1 aromatic rings. The second-order valence-electron chi connectivity index (χ2n) is 5.11. The van der Waals surface area contributed by atoms with E-state index in [2.05, 4.69) is 23.6 Å². The number of hydrogen-bond acceptors (Lipinski definition) is 3. The maximum absolute atomic E-state index is 12.1. The SMILES string of the molecule is CC1CC(C(=O)NCc2cccc(C#N)c2)CCN1. The van der Waals surface area contributed by atoms with Crippen LogP contribution in [0.2, 0.25) is 0 Å². The van der Waals surface area contributed by atoms with E-state index in [4.69, 9.17) is 5.26 Å². The van der Waals surface area contributed by atoms with Gasteiger partial charge in [-0.2, -0.15) is 5.26 Å². The van der Waals surface area contributed by atoms with Crippen LogP contribution in [0.3, 0.4) is 0 Å². The van der Waals surface area contributed by atoms with E-state index in [1.54, 1.807) is 6.07 Å². The normalized spacial score (nSPS) is 22.5. The van der Waals surface area contributed by atoms with Gasteiger partial charge in [-0.3, -0.25) is 4.79 Å². The van der Waals surface area contributed by atoms with Crippen molar-refractivity contribution in [2.45, 2.75) is 32.4 Å². The molecule has 1 saturated heterocycles. The smallest absolute Gasteiger partial charge is 0.223 e. The Morgan fingerprint density at radius 2 is 2.42 bits per heavy atom. The van der Waals surface area contributed by atoms with Gasteiger partial charge in [-0.05, 0) is 44.0 Å². The molecule has 4 heteroatoms. The van der Waals surface area contributed by atoms with Crippen molar-refractivity contribution in [2.75, 3.05) is 6.54 Å². The number of carbonyl (C=O) groups excluding carboxylic acids is 1. The molecule has 1 aromatic carbocycles. The third-order valence-corrected chi connectivity index (χ3v) is 3.52. The fourth-order valence-electron chi connectivity index (χ4n) is 2.45. The highest BCUT2D eigenvalue weighted by Gasteiger charge is 2.24. The summed E-state index contributed by atoms with van der Waals surface area (Å²) in [6.07, 6.45) is 1.79. The lowest BCUT2D eigenvalue weighted by atomic mass is 9.92. The monoisotopic (exact) mass is 257 g/mol. The van der Waals surface area contributed by atoms with E-state index in [1.807, 2.05) is 18.2 Å². The first kappa shape index (κ1) is 13.6. The van der Waals surface area contributed by atoms with Crippen molar-refractivity contribution in [1.29, 1.82) is 5.26 Å². The van der Waals surface area contributed by atoms with E-state index in [-0.39, 0.29) is 11.8 Å². The third-order valence-electron chi connectivity index (χ3n) is 3.52. The molecule has 0 bridgehead atoms. The lowest BCUT2D eigenvalue weighted by Gasteiger charge is -2.27. The predicted molar refractivity (Wildman–Crippen MR) is 73.2 cm³/mol. The molecule has 19 heavy (non-hydrogen) atoms. The molecule has 4 nitrogen and oxygen atoms in total. The first-order valence-electron chi connectivity index (χ1n) is 6.69. The molecule has 2 rings (SSSR count). The molecule has 1 amide bonds. The third kappa shape index (κ3) is 3.80. The van der Waals surface area contributed by atoms with Crippen molar-refractivity contribution < 1.29 is 4.79 Å². The summed E-state index contributed by atoms with van der Waals surface area (Å²) in [7, 11) is 0. The summed E-state index contributed by atoms with van der Waals surface area (Å²) in [5, 5.41) is 15.1. The van der Waals surface area contributed by atoms with Gasteiger partial charge in [-0.25, -0.2) is 0 Å². The fraction of sp³-hybridized carbons (Fsp3) is 0.467. The zero-order valence-corrected chi connectivity index (χ0v) is 11.1. The van der Waals surface area contributed by atoms with Crippen LogP contribution in [-0.4, -0.2) is 18.5 Å². The van der Waals surface area contributed by atoms with Gasteiger partial charge in [0, 0.05) is 18.5 Å². The van der Waals surface area contributed by atoms with Crippen LogP contribution in [0.15, 0.2) is 24.3 Å². The van der Waals surface area contributed by atoms with Gasteiger partial charge < -0.3 is 10.6 Å². The molecule has 1 fully saturated rings. The van der Waals surface area contributed by atoms with Crippen LogP contribution >= 0.6 is 0 Å². The minimum Gasteiger partial charge on any atom is -0.352 e. The molecule has 1 aliphatic rings. The number of rotatable bonds is 3. The van der Waals surface area contributed by atoms with Crippen LogP contribution in [0, 0.1) is 17.2 Å². The van der Waals surface area contributed by atoms with Gasteiger partial charge in [0.05, 0.1) is 11.6 Å². The molecular formula is C15H19N3O. The minimum atomic E-state index is 0.107. The number of benzene rings is 1. The van der Waals surface area contributed by atoms with Crippen molar-refractivity contribution in [3.8, 4) is 6.07 Å². The number of piperidine rings is 1. The fourth-order valence-corrected chi connectivity index (χ4v) is 2.45. The van der Waals surface area contributed by atoms with Gasteiger partial charge >= 0.3 is 0 Å². The van der Waals surface area contributed by atoms with Crippen molar-refractivity contribution in [3.63, 3.8) is 0 Å². The lowest BCUT2D eigenvalue weighted by Crippen LogP contribution is -2.42. The molecule has 0 aliphatic carbocycles. The Kier molecular flexibility index (Phi) is 4.53. The van der Waals surface area contributed by atoms with Gasteiger partial charge in [-0.1, -0.05) is 12.1 Å². The van der Waals surface area contributed by atoms with Gasteiger partial charge in [0.25, 0.3) is 0 Å². The van der Waals surface area contributed by atoms with Crippen LogP contribution in [0.25, 0.3) is 0 Å². The van der Waals surface area contributed by atoms with E-state index in [9.17, 15) is 4.79 Å². The van der Waals surface area contributed by atoms with Crippen molar-refractivity contribution in [1.82, 2.24) is 10.6 Å². The van der Waals surface area contributed by atoms with Gasteiger partial charge in [-0.15, -0.1) is 0 Å². The Morgan fingerprint density at radius 3 is 3.16 bits per heavy atom. The topological polar surface area (TPSA) is 64.9 Å². The van der Waals surface area contributed by atoms with Crippen LogP contribution in [0.1, 0.15) is 30.9 Å². The van der Waals surface area contributed by atoms with Gasteiger partial charge in [0.15, 0.2) is 0 Å². The Bertz CT molecular complexity index is 492. The largest absolute Gasteiger partial charge is 0.352 e. The summed E-state index contributed by atoms with van der Waals surface area (Å²) < 4.78 is 0. The molecule has 0 aromatic heterocycles. The second kappa shape index (κ2) is 6.35. The maximum Gasteiger partial charge on any atom is 0.223 e. The Balaban J connectivity index is 1.87. The van der Waals surface area contributed by atoms with E-state index in [0.29, 0.717) is 18.2 Å². The highest BCUT2D eigenvalue weighted by molar-refractivity contribution is 5.78. The van der Waals surface area contributed by atoms with Crippen LogP contribution in [0.5, 0.6) is 0 Å². The number of carbonyl (C=O) groups is 1. The molecule has 1 heterocycles. The summed E-state index contributed by atoms with van der Waals surface area (Å²) in [5.41, 5.74) is 1.59. The average molecular weight is 257 g/mol. The predicted octanol–water partition coefficient (Wildman–Crippen LogP) is 1.56. The lowest BCUT2D eigenvalue weighted by molar-refractivity contribution is -0.126. The molecule has 1 aliphatic heterocycles. The number of nitrogens with zero attached hydrogens (tertiary/aromatic N) is 1. The summed E-state index contributed by atoms with van der Waals surface area (Å²) in [5.74, 6) is 0.228. The van der Waals surface area contributed by atoms with E-state index < -0.39 is 0 Å². The summed E-state index contributed by atoms with van der Waals surface area (Å²) in [6.45, 7) is 3.51. The van der Waals surface area contributed by atoms with E-state index in [0.717, 1.165) is 24.9 Å². The zero-order valence-electron chi connectivity index (χ0n) is 11.1. The maximum atomic E-state index is 12.1. The van der Waals surface area contributed by atoms with Crippen LogP contribution in [-0.2, 0) is 11.3 Å². The highest BCUT2D eigenvalue weighted by Crippen LogP contribution is 2.16. The van der Waals surface area contributed by atoms with E-state index >= 15 is 0 Å².